The van der Waals surface area contributed by atoms with Crippen LogP contribution in [0.1, 0.15) is 50.4 Å². The van der Waals surface area contributed by atoms with Gasteiger partial charge in [-0.3, -0.25) is 0 Å². The highest BCUT2D eigenvalue weighted by atomic mass is 16.7. The Morgan fingerprint density at radius 1 is 1.20 bits per heavy atom. The van der Waals surface area contributed by atoms with Gasteiger partial charge in [-0.25, -0.2) is 9.59 Å². The molecule has 1 N–H and O–H groups in total. The van der Waals surface area contributed by atoms with Gasteiger partial charge in [-0.1, -0.05) is 18.2 Å². The third kappa shape index (κ3) is 4.12. The second-order valence-electron chi connectivity index (χ2n) is 7.96. The highest BCUT2D eigenvalue weighted by Crippen LogP contribution is 2.48. The van der Waals surface area contributed by atoms with E-state index in [0.29, 0.717) is 18.7 Å². The number of nitrogens with zero attached hydrogens (tertiary/aromatic N) is 1. The number of carbonyl (C=O) groups is 2. The maximum Gasteiger partial charge on any atom is 0.407 e. The average Bonchev–Trinajstić information content (AvgIpc) is 2.97. The Balaban J connectivity index is 1.53. The summed E-state index contributed by atoms with van der Waals surface area (Å²) in [6.45, 7) is 6.88. The van der Waals surface area contributed by atoms with Crippen LogP contribution < -0.4 is 5.32 Å². The lowest BCUT2D eigenvalue weighted by molar-refractivity contribution is -0.107. The molecule has 6 nitrogen and oxygen atoms in total. The number of nitrogens with one attached hydrogen (secondary N) is 1. The maximum atomic E-state index is 12.2. The van der Waals surface area contributed by atoms with Crippen LogP contribution in [0.3, 0.4) is 0 Å². The van der Waals surface area contributed by atoms with Gasteiger partial charge in [0.15, 0.2) is 0 Å². The quantitative estimate of drug-likeness (QED) is 0.911. The van der Waals surface area contributed by atoms with Crippen LogP contribution in [0, 0.1) is 5.41 Å². The van der Waals surface area contributed by atoms with Crippen molar-refractivity contribution in [2.45, 2.75) is 51.7 Å². The van der Waals surface area contributed by atoms with E-state index >= 15 is 0 Å². The molecule has 3 rings (SSSR count). The van der Waals surface area contributed by atoms with Gasteiger partial charge in [0.1, 0.15) is 5.60 Å². The molecule has 1 amide bonds. The van der Waals surface area contributed by atoms with Gasteiger partial charge in [-0.05, 0) is 52.2 Å². The van der Waals surface area contributed by atoms with E-state index < -0.39 is 5.60 Å². The van der Waals surface area contributed by atoms with E-state index in [1.54, 1.807) is 17.2 Å². The molecule has 2 fully saturated rings. The van der Waals surface area contributed by atoms with Gasteiger partial charge in [0.2, 0.25) is 0 Å². The van der Waals surface area contributed by atoms with E-state index in [0.717, 1.165) is 19.3 Å². The van der Waals surface area contributed by atoms with Crippen molar-refractivity contribution in [2.24, 2.45) is 5.41 Å². The van der Waals surface area contributed by atoms with Crippen LogP contribution in [0.5, 0.6) is 0 Å². The maximum absolute atomic E-state index is 12.2. The largest absolute Gasteiger partial charge is 0.444 e. The number of hydrogen-bond acceptors (Lipinski definition) is 5. The van der Waals surface area contributed by atoms with Crippen molar-refractivity contribution in [3.8, 4) is 0 Å². The zero-order chi connectivity index (χ0) is 18.1. The van der Waals surface area contributed by atoms with Crippen LogP contribution >= 0.6 is 0 Å². The Morgan fingerprint density at radius 3 is 2.52 bits per heavy atom. The predicted octanol–water partition coefficient (Wildman–Crippen LogP) is 3.14. The third-order valence-electron chi connectivity index (χ3n) is 4.93. The number of ether oxygens (including phenoxy) is 1. The normalized spacial score (nSPS) is 26.1. The fourth-order valence-electron chi connectivity index (χ4n) is 3.54. The molecule has 1 aliphatic heterocycles. The molecule has 2 unspecified atom stereocenters. The van der Waals surface area contributed by atoms with Gasteiger partial charge in [-0.15, -0.1) is 5.06 Å². The van der Waals surface area contributed by atoms with Crippen molar-refractivity contribution in [2.75, 3.05) is 13.1 Å². The SMILES string of the molecule is CC(C)(C)OC(=O)NC1CCC12CCN(OC(=O)c1ccccc1)C2. The minimum absolute atomic E-state index is 0.0200. The summed E-state index contributed by atoms with van der Waals surface area (Å²) < 4.78 is 5.35. The smallest absolute Gasteiger partial charge is 0.407 e. The average molecular weight is 346 g/mol. The fourth-order valence-corrected chi connectivity index (χ4v) is 3.54. The second kappa shape index (κ2) is 6.67. The summed E-state index contributed by atoms with van der Waals surface area (Å²) in [7, 11) is 0. The number of rotatable bonds is 3. The first-order valence-corrected chi connectivity index (χ1v) is 8.79. The molecule has 136 valence electrons. The van der Waals surface area contributed by atoms with Crippen molar-refractivity contribution >= 4 is 12.1 Å². The van der Waals surface area contributed by atoms with Gasteiger partial charge >= 0.3 is 12.1 Å². The van der Waals surface area contributed by atoms with E-state index in [2.05, 4.69) is 5.32 Å². The molecule has 1 heterocycles. The zero-order valence-corrected chi connectivity index (χ0v) is 15.1. The standard InChI is InChI=1S/C19H26N2O4/c1-18(2,3)24-17(23)20-15-9-10-19(15)11-12-21(13-19)25-16(22)14-7-5-4-6-8-14/h4-8,15H,9-13H2,1-3H3,(H,20,23). The minimum atomic E-state index is -0.506. The second-order valence-corrected chi connectivity index (χ2v) is 7.96. The van der Waals surface area contributed by atoms with Crippen LogP contribution in [0.25, 0.3) is 0 Å². The Hall–Kier alpha value is -2.08. The topological polar surface area (TPSA) is 67.9 Å². The number of hydrogen-bond donors (Lipinski definition) is 1. The van der Waals surface area contributed by atoms with Crippen LogP contribution in [0.15, 0.2) is 30.3 Å². The number of amides is 1. The lowest BCUT2D eigenvalue weighted by Gasteiger charge is -2.47. The van der Waals surface area contributed by atoms with E-state index in [1.807, 2.05) is 39.0 Å². The molecule has 1 aliphatic carbocycles. The molecule has 2 aliphatic rings. The number of carbonyl (C=O) groups excluding carboxylic acids is 2. The molecule has 1 aromatic rings. The van der Waals surface area contributed by atoms with Crippen molar-refractivity contribution in [3.63, 3.8) is 0 Å². The predicted molar refractivity (Wildman–Crippen MR) is 92.9 cm³/mol. The monoisotopic (exact) mass is 346 g/mol. The highest BCUT2D eigenvalue weighted by molar-refractivity contribution is 5.89. The first-order chi connectivity index (χ1) is 11.8. The zero-order valence-electron chi connectivity index (χ0n) is 15.1. The van der Waals surface area contributed by atoms with Gasteiger partial charge in [0.05, 0.1) is 5.56 Å². The minimum Gasteiger partial charge on any atom is -0.444 e. The molecule has 1 spiro atoms. The molecular weight excluding hydrogens is 320 g/mol. The molecule has 1 saturated carbocycles. The molecule has 1 saturated heterocycles. The van der Waals surface area contributed by atoms with Crippen LogP contribution in [-0.2, 0) is 9.57 Å². The Bertz CT molecular complexity index is 641. The van der Waals surface area contributed by atoms with Crippen LogP contribution in [0.2, 0.25) is 0 Å². The van der Waals surface area contributed by atoms with Crippen molar-refractivity contribution in [1.82, 2.24) is 10.4 Å². The molecule has 6 heteroatoms. The molecule has 25 heavy (non-hydrogen) atoms. The Kier molecular flexibility index (Phi) is 4.73. The Labute approximate surface area is 148 Å². The van der Waals surface area contributed by atoms with E-state index in [1.165, 1.54) is 0 Å². The summed E-state index contributed by atoms with van der Waals surface area (Å²) in [5, 5.41) is 4.70. The fraction of sp³-hybridized carbons (Fsp3) is 0.579. The number of benzene rings is 1. The number of hydroxylamine groups is 2. The molecule has 2 atom stereocenters. The number of alkyl carbamates (subject to hydrolysis) is 1. The van der Waals surface area contributed by atoms with Gasteiger partial charge in [0, 0.05) is 24.5 Å². The summed E-state index contributed by atoms with van der Waals surface area (Å²) >= 11 is 0. The molecule has 1 aromatic carbocycles. The molecule has 0 radical (unpaired) electrons. The van der Waals surface area contributed by atoms with E-state index in [4.69, 9.17) is 9.57 Å². The summed E-state index contributed by atoms with van der Waals surface area (Å²) in [5.74, 6) is -0.339. The van der Waals surface area contributed by atoms with Crippen molar-refractivity contribution < 1.29 is 19.2 Å². The van der Waals surface area contributed by atoms with Crippen LogP contribution in [0.4, 0.5) is 4.79 Å². The summed E-state index contributed by atoms with van der Waals surface area (Å²) in [6.07, 6.45) is 2.47. The van der Waals surface area contributed by atoms with E-state index in [-0.39, 0.29) is 23.5 Å². The first-order valence-electron chi connectivity index (χ1n) is 8.79. The highest BCUT2D eigenvalue weighted by Gasteiger charge is 2.52. The van der Waals surface area contributed by atoms with Gasteiger partial charge < -0.3 is 14.9 Å². The van der Waals surface area contributed by atoms with Crippen molar-refractivity contribution in [3.05, 3.63) is 35.9 Å². The third-order valence-corrected chi connectivity index (χ3v) is 4.93. The first kappa shape index (κ1) is 17.7. The molecular formula is C19H26N2O4. The van der Waals surface area contributed by atoms with E-state index in [9.17, 15) is 9.59 Å². The van der Waals surface area contributed by atoms with Crippen LogP contribution in [-0.4, -0.2) is 41.9 Å². The summed E-state index contributed by atoms with van der Waals surface area (Å²) in [6, 6.07) is 9.05. The lowest BCUT2D eigenvalue weighted by Crippen LogP contribution is -2.57. The Morgan fingerprint density at radius 2 is 1.92 bits per heavy atom. The molecule has 0 bridgehead atoms. The van der Waals surface area contributed by atoms with Crippen molar-refractivity contribution in [1.29, 1.82) is 0 Å². The lowest BCUT2D eigenvalue weighted by atomic mass is 9.64. The molecule has 0 aromatic heterocycles. The van der Waals surface area contributed by atoms with Gasteiger partial charge in [-0.2, -0.15) is 0 Å². The summed E-state index contributed by atoms with van der Waals surface area (Å²) in [4.78, 5) is 29.7. The van der Waals surface area contributed by atoms with Gasteiger partial charge in [0.25, 0.3) is 0 Å². The summed E-state index contributed by atoms with van der Waals surface area (Å²) in [5.41, 5.74) is 0.0161.